The molecule has 1 saturated heterocycles. The molecule has 0 aromatic heterocycles. The van der Waals surface area contributed by atoms with Gasteiger partial charge in [0.05, 0.1) is 12.4 Å². The molecule has 1 aliphatic heterocycles. The number of nitrogens with one attached hydrogen (secondary N) is 1. The maximum absolute atomic E-state index is 11.5. The second-order valence-corrected chi connectivity index (χ2v) is 6.11. The fraction of sp³-hybridized carbons (Fsp3) is 1.00. The number of nitrogens with zero attached hydrogens (tertiary/aromatic N) is 1. The Balaban J connectivity index is 1.99. The minimum atomic E-state index is -2.90. The first kappa shape index (κ1) is 13.9. The summed E-state index contributed by atoms with van der Waals surface area (Å²) in [6.45, 7) is 3.89. The topological polar surface area (TPSA) is 58.6 Å². The lowest BCUT2D eigenvalue weighted by atomic mass is 10.3. The predicted octanol–water partition coefficient (Wildman–Crippen LogP) is 0.0381. The van der Waals surface area contributed by atoms with E-state index in [0.717, 1.165) is 39.0 Å². The highest BCUT2D eigenvalue weighted by molar-refractivity contribution is 7.89. The summed E-state index contributed by atoms with van der Waals surface area (Å²) in [6, 6.07) is 0. The van der Waals surface area contributed by atoms with Crippen LogP contribution < -0.4 is 5.32 Å². The smallest absolute Gasteiger partial charge is 0.214 e. The molecule has 16 heavy (non-hydrogen) atoms. The minimum Gasteiger partial charge on any atom is -0.383 e. The van der Waals surface area contributed by atoms with Crippen molar-refractivity contribution in [3.63, 3.8) is 0 Å². The van der Waals surface area contributed by atoms with Gasteiger partial charge in [-0.1, -0.05) is 0 Å². The van der Waals surface area contributed by atoms with Crippen LogP contribution in [-0.4, -0.2) is 58.4 Å². The number of unbranched alkanes of at least 4 members (excludes halogenated alkanes) is 1. The van der Waals surface area contributed by atoms with Gasteiger partial charge < -0.3 is 10.1 Å². The molecular formula is C10H22N2O3S. The van der Waals surface area contributed by atoms with Gasteiger partial charge in [0.2, 0.25) is 10.0 Å². The molecule has 0 aliphatic carbocycles. The van der Waals surface area contributed by atoms with Gasteiger partial charge in [-0.25, -0.2) is 12.7 Å². The maximum Gasteiger partial charge on any atom is 0.214 e. The van der Waals surface area contributed by atoms with Crippen molar-refractivity contribution in [2.24, 2.45) is 0 Å². The molecule has 1 fully saturated rings. The quantitative estimate of drug-likeness (QED) is 0.618. The molecule has 1 N–H and O–H groups in total. The van der Waals surface area contributed by atoms with Crippen molar-refractivity contribution < 1.29 is 13.2 Å². The summed E-state index contributed by atoms with van der Waals surface area (Å²) in [5.41, 5.74) is 0. The molecule has 0 spiro atoms. The molecule has 0 unspecified atom stereocenters. The molecule has 96 valence electrons. The van der Waals surface area contributed by atoms with Crippen LogP contribution in [0.15, 0.2) is 0 Å². The molecule has 1 heterocycles. The largest absolute Gasteiger partial charge is 0.383 e. The van der Waals surface area contributed by atoms with E-state index in [1.165, 1.54) is 0 Å². The van der Waals surface area contributed by atoms with Gasteiger partial charge in [0.25, 0.3) is 0 Å². The molecule has 0 saturated carbocycles. The van der Waals surface area contributed by atoms with Crippen LogP contribution in [-0.2, 0) is 14.8 Å². The SMILES string of the molecule is COCCNCCCCN1CCCS1(=O)=O. The lowest BCUT2D eigenvalue weighted by Gasteiger charge is -2.13. The fourth-order valence-corrected chi connectivity index (χ4v) is 3.35. The Morgan fingerprint density at radius 3 is 2.75 bits per heavy atom. The Morgan fingerprint density at radius 2 is 2.12 bits per heavy atom. The van der Waals surface area contributed by atoms with Crippen molar-refractivity contribution in [3.05, 3.63) is 0 Å². The van der Waals surface area contributed by atoms with E-state index in [9.17, 15) is 8.42 Å². The van der Waals surface area contributed by atoms with Crippen molar-refractivity contribution in [1.82, 2.24) is 9.62 Å². The van der Waals surface area contributed by atoms with Gasteiger partial charge in [-0.15, -0.1) is 0 Å². The third kappa shape index (κ3) is 4.78. The van der Waals surface area contributed by atoms with Crippen LogP contribution in [0, 0.1) is 0 Å². The van der Waals surface area contributed by atoms with Crippen LogP contribution in [0.25, 0.3) is 0 Å². The zero-order valence-electron chi connectivity index (χ0n) is 9.94. The zero-order valence-corrected chi connectivity index (χ0v) is 10.8. The van der Waals surface area contributed by atoms with Crippen LogP contribution >= 0.6 is 0 Å². The van der Waals surface area contributed by atoms with E-state index in [2.05, 4.69) is 5.32 Å². The standard InChI is InChI=1S/C10H22N2O3S/c1-15-9-6-11-5-2-3-7-12-8-4-10-16(12,13)14/h11H,2-10H2,1H3. The molecule has 1 aliphatic rings. The number of hydrogen-bond acceptors (Lipinski definition) is 4. The summed E-state index contributed by atoms with van der Waals surface area (Å²) >= 11 is 0. The summed E-state index contributed by atoms with van der Waals surface area (Å²) in [4.78, 5) is 0. The van der Waals surface area contributed by atoms with Gasteiger partial charge in [0, 0.05) is 26.7 Å². The number of ether oxygens (including phenoxy) is 1. The minimum absolute atomic E-state index is 0.332. The molecular weight excluding hydrogens is 228 g/mol. The van der Waals surface area contributed by atoms with Gasteiger partial charge in [-0.05, 0) is 25.8 Å². The molecule has 5 nitrogen and oxygen atoms in total. The normalized spacial score (nSPS) is 20.3. The van der Waals surface area contributed by atoms with E-state index < -0.39 is 10.0 Å². The molecule has 0 atom stereocenters. The number of hydrogen-bond donors (Lipinski definition) is 1. The summed E-state index contributed by atoms with van der Waals surface area (Å²) in [6.07, 6.45) is 2.73. The van der Waals surface area contributed by atoms with Crippen LogP contribution in [0.3, 0.4) is 0 Å². The van der Waals surface area contributed by atoms with E-state index in [4.69, 9.17) is 4.74 Å². The van der Waals surface area contributed by atoms with Crippen molar-refractivity contribution in [1.29, 1.82) is 0 Å². The van der Waals surface area contributed by atoms with Crippen LogP contribution in [0.4, 0.5) is 0 Å². The first-order valence-electron chi connectivity index (χ1n) is 5.84. The zero-order chi connectivity index (χ0) is 11.9. The van der Waals surface area contributed by atoms with Gasteiger partial charge in [0.1, 0.15) is 0 Å². The fourth-order valence-electron chi connectivity index (χ4n) is 1.78. The summed E-state index contributed by atoms with van der Waals surface area (Å²) < 4.78 is 29.4. The third-order valence-electron chi connectivity index (χ3n) is 2.70. The van der Waals surface area contributed by atoms with Crippen LogP contribution in [0.1, 0.15) is 19.3 Å². The summed E-state index contributed by atoms with van der Waals surface area (Å²) in [5.74, 6) is 0.332. The van der Waals surface area contributed by atoms with Gasteiger partial charge in [-0.2, -0.15) is 0 Å². The average Bonchev–Trinajstić information content (AvgIpc) is 2.57. The lowest BCUT2D eigenvalue weighted by molar-refractivity contribution is 0.199. The Morgan fingerprint density at radius 1 is 1.31 bits per heavy atom. The monoisotopic (exact) mass is 250 g/mol. The average molecular weight is 250 g/mol. The Hall–Kier alpha value is -0.170. The van der Waals surface area contributed by atoms with E-state index >= 15 is 0 Å². The van der Waals surface area contributed by atoms with Gasteiger partial charge in [0.15, 0.2) is 0 Å². The van der Waals surface area contributed by atoms with E-state index in [-0.39, 0.29) is 0 Å². The van der Waals surface area contributed by atoms with Crippen LogP contribution in [0.5, 0.6) is 0 Å². The van der Waals surface area contributed by atoms with E-state index in [0.29, 0.717) is 18.8 Å². The molecule has 0 aromatic rings. The third-order valence-corrected chi connectivity index (χ3v) is 4.65. The number of sulfonamides is 1. The van der Waals surface area contributed by atoms with Crippen molar-refractivity contribution in [2.75, 3.05) is 45.6 Å². The molecule has 0 radical (unpaired) electrons. The second-order valence-electron chi connectivity index (χ2n) is 4.02. The van der Waals surface area contributed by atoms with Gasteiger partial charge >= 0.3 is 0 Å². The van der Waals surface area contributed by atoms with Crippen molar-refractivity contribution >= 4 is 10.0 Å². The number of rotatable bonds is 8. The van der Waals surface area contributed by atoms with E-state index in [1.54, 1.807) is 11.4 Å². The number of methoxy groups -OCH3 is 1. The Bertz CT molecular complexity index is 280. The molecule has 1 rings (SSSR count). The molecule has 0 bridgehead atoms. The predicted molar refractivity (Wildman–Crippen MR) is 64.0 cm³/mol. The first-order chi connectivity index (χ1) is 7.67. The molecule has 0 amide bonds. The molecule has 0 aromatic carbocycles. The highest BCUT2D eigenvalue weighted by Crippen LogP contribution is 2.13. The Kier molecular flexibility index (Phi) is 6.26. The van der Waals surface area contributed by atoms with E-state index in [1.807, 2.05) is 0 Å². The van der Waals surface area contributed by atoms with Crippen molar-refractivity contribution in [3.8, 4) is 0 Å². The first-order valence-corrected chi connectivity index (χ1v) is 7.45. The highest BCUT2D eigenvalue weighted by atomic mass is 32.2. The van der Waals surface area contributed by atoms with Gasteiger partial charge in [-0.3, -0.25) is 0 Å². The Labute approximate surface area is 98.2 Å². The van der Waals surface area contributed by atoms with Crippen molar-refractivity contribution in [2.45, 2.75) is 19.3 Å². The highest BCUT2D eigenvalue weighted by Gasteiger charge is 2.26. The molecule has 6 heteroatoms. The summed E-state index contributed by atoms with van der Waals surface area (Å²) in [5, 5.41) is 3.24. The van der Waals surface area contributed by atoms with Crippen LogP contribution in [0.2, 0.25) is 0 Å². The lowest BCUT2D eigenvalue weighted by Crippen LogP contribution is -2.27. The summed E-state index contributed by atoms with van der Waals surface area (Å²) in [7, 11) is -1.22. The second kappa shape index (κ2) is 7.21. The maximum atomic E-state index is 11.5.